The normalized spacial score (nSPS) is 21.5. The molecule has 0 spiro atoms. The molecule has 2 heterocycles. The molecule has 3 rings (SSSR count). The molecular formula is C18H24N4O3. The van der Waals surface area contributed by atoms with Gasteiger partial charge >= 0.3 is 0 Å². The van der Waals surface area contributed by atoms with Crippen LogP contribution in [0.2, 0.25) is 0 Å². The molecule has 1 aromatic carbocycles. The van der Waals surface area contributed by atoms with Gasteiger partial charge in [0.1, 0.15) is 6.04 Å². The Labute approximate surface area is 147 Å². The lowest BCUT2D eigenvalue weighted by Crippen LogP contribution is -2.52. The SMILES string of the molecule is C[C@@H](CN)N(C)Cc1cccc2c1CN(C1CCC(=O)NC1=O)C2=O. The van der Waals surface area contributed by atoms with Crippen LogP contribution in [0.15, 0.2) is 18.2 Å². The van der Waals surface area contributed by atoms with E-state index < -0.39 is 6.04 Å². The zero-order valence-electron chi connectivity index (χ0n) is 14.6. The predicted octanol–water partition coefficient (Wildman–Crippen LogP) is 0.227. The van der Waals surface area contributed by atoms with Crippen molar-refractivity contribution in [3.8, 4) is 0 Å². The molecule has 0 radical (unpaired) electrons. The van der Waals surface area contributed by atoms with Gasteiger partial charge in [-0.05, 0) is 37.6 Å². The van der Waals surface area contributed by atoms with E-state index >= 15 is 0 Å². The minimum atomic E-state index is -0.578. The van der Waals surface area contributed by atoms with E-state index in [1.807, 2.05) is 19.2 Å². The van der Waals surface area contributed by atoms with E-state index in [2.05, 4.69) is 17.1 Å². The highest BCUT2D eigenvalue weighted by atomic mass is 16.2. The Morgan fingerprint density at radius 2 is 2.12 bits per heavy atom. The summed E-state index contributed by atoms with van der Waals surface area (Å²) in [5.41, 5.74) is 8.42. The van der Waals surface area contributed by atoms with Gasteiger partial charge in [0.15, 0.2) is 0 Å². The molecule has 1 fully saturated rings. The summed E-state index contributed by atoms with van der Waals surface area (Å²) in [6.45, 7) is 3.72. The van der Waals surface area contributed by atoms with Crippen LogP contribution < -0.4 is 11.1 Å². The smallest absolute Gasteiger partial charge is 0.255 e. The largest absolute Gasteiger partial charge is 0.329 e. The number of rotatable bonds is 5. The van der Waals surface area contributed by atoms with E-state index in [-0.39, 0.29) is 30.2 Å². The number of imide groups is 1. The Morgan fingerprint density at radius 1 is 1.36 bits per heavy atom. The highest BCUT2D eigenvalue weighted by molar-refractivity contribution is 6.05. The molecule has 0 aromatic heterocycles. The Kier molecular flexibility index (Phi) is 4.87. The number of nitrogens with one attached hydrogen (secondary N) is 1. The van der Waals surface area contributed by atoms with Crippen LogP contribution in [0.25, 0.3) is 0 Å². The highest BCUT2D eigenvalue weighted by Gasteiger charge is 2.39. The quantitative estimate of drug-likeness (QED) is 0.746. The number of fused-ring (bicyclic) bond motifs is 1. The summed E-state index contributed by atoms with van der Waals surface area (Å²) >= 11 is 0. The number of piperidine rings is 1. The third-order valence-electron chi connectivity index (χ3n) is 5.19. The molecule has 2 aliphatic rings. The van der Waals surface area contributed by atoms with Crippen LogP contribution in [-0.2, 0) is 22.7 Å². The number of hydrogen-bond donors (Lipinski definition) is 2. The van der Waals surface area contributed by atoms with Gasteiger partial charge in [0.05, 0.1) is 0 Å². The Balaban J connectivity index is 1.82. The average Bonchev–Trinajstić information content (AvgIpc) is 2.92. The maximum atomic E-state index is 12.8. The minimum absolute atomic E-state index is 0.138. The van der Waals surface area contributed by atoms with Crippen LogP contribution in [0, 0.1) is 0 Å². The third kappa shape index (κ3) is 3.29. The van der Waals surface area contributed by atoms with Crippen molar-refractivity contribution in [2.45, 2.75) is 44.9 Å². The number of nitrogens with two attached hydrogens (primary N) is 1. The standard InChI is InChI=1S/C18H24N4O3/c1-11(8-19)21(2)9-12-4-3-5-13-14(12)10-22(18(13)25)15-6-7-16(23)20-17(15)24/h3-5,11,15H,6-10,19H2,1-2H3,(H,20,23,24)/t11-,15?/m0/s1. The summed E-state index contributed by atoms with van der Waals surface area (Å²) in [7, 11) is 2.01. The molecule has 1 unspecified atom stereocenters. The van der Waals surface area contributed by atoms with E-state index in [0.717, 1.165) is 11.1 Å². The van der Waals surface area contributed by atoms with Crippen LogP contribution in [0.5, 0.6) is 0 Å². The summed E-state index contributed by atoms with van der Waals surface area (Å²) in [4.78, 5) is 40.0. The predicted molar refractivity (Wildman–Crippen MR) is 92.5 cm³/mol. The molecule has 3 amide bonds. The topological polar surface area (TPSA) is 95.7 Å². The molecule has 2 aliphatic heterocycles. The van der Waals surface area contributed by atoms with E-state index in [4.69, 9.17) is 5.73 Å². The summed E-state index contributed by atoms with van der Waals surface area (Å²) in [5.74, 6) is -0.794. The molecule has 25 heavy (non-hydrogen) atoms. The molecule has 1 aromatic rings. The van der Waals surface area contributed by atoms with E-state index in [1.54, 1.807) is 11.0 Å². The van der Waals surface area contributed by atoms with Crippen molar-refractivity contribution in [3.05, 3.63) is 34.9 Å². The second-order valence-corrected chi connectivity index (χ2v) is 6.84. The fourth-order valence-electron chi connectivity index (χ4n) is 3.40. The molecule has 134 valence electrons. The average molecular weight is 344 g/mol. The number of carbonyl (C=O) groups is 3. The fourth-order valence-corrected chi connectivity index (χ4v) is 3.40. The van der Waals surface area contributed by atoms with E-state index in [9.17, 15) is 14.4 Å². The summed E-state index contributed by atoms with van der Waals surface area (Å²) < 4.78 is 0. The van der Waals surface area contributed by atoms with Gasteiger partial charge in [-0.3, -0.25) is 24.6 Å². The van der Waals surface area contributed by atoms with Gasteiger partial charge in [0, 0.05) is 37.7 Å². The van der Waals surface area contributed by atoms with Gasteiger partial charge in [-0.25, -0.2) is 0 Å². The maximum Gasteiger partial charge on any atom is 0.255 e. The van der Waals surface area contributed by atoms with Crippen LogP contribution >= 0.6 is 0 Å². The Hall–Kier alpha value is -2.25. The molecule has 7 heteroatoms. The van der Waals surface area contributed by atoms with Crippen molar-refractivity contribution >= 4 is 17.7 Å². The van der Waals surface area contributed by atoms with Gasteiger partial charge < -0.3 is 10.6 Å². The number of benzene rings is 1. The lowest BCUT2D eigenvalue weighted by molar-refractivity contribution is -0.136. The van der Waals surface area contributed by atoms with Gasteiger partial charge in [0.2, 0.25) is 11.8 Å². The second-order valence-electron chi connectivity index (χ2n) is 6.84. The van der Waals surface area contributed by atoms with Crippen LogP contribution in [-0.4, -0.2) is 53.2 Å². The first-order chi connectivity index (χ1) is 11.9. The van der Waals surface area contributed by atoms with Crippen molar-refractivity contribution in [2.75, 3.05) is 13.6 Å². The summed E-state index contributed by atoms with van der Waals surface area (Å²) in [6.07, 6.45) is 0.643. The molecule has 0 aliphatic carbocycles. The van der Waals surface area contributed by atoms with E-state index in [0.29, 0.717) is 31.6 Å². The van der Waals surface area contributed by atoms with Crippen molar-refractivity contribution in [2.24, 2.45) is 5.73 Å². The molecule has 2 atom stereocenters. The maximum absolute atomic E-state index is 12.8. The molecule has 1 saturated heterocycles. The lowest BCUT2D eigenvalue weighted by Gasteiger charge is -2.29. The van der Waals surface area contributed by atoms with Crippen molar-refractivity contribution in [1.82, 2.24) is 15.1 Å². The highest BCUT2D eigenvalue weighted by Crippen LogP contribution is 2.30. The first-order valence-electron chi connectivity index (χ1n) is 8.58. The van der Waals surface area contributed by atoms with Gasteiger partial charge in [-0.15, -0.1) is 0 Å². The molecule has 7 nitrogen and oxygen atoms in total. The van der Waals surface area contributed by atoms with Crippen molar-refractivity contribution in [1.29, 1.82) is 0 Å². The van der Waals surface area contributed by atoms with Crippen LogP contribution in [0.3, 0.4) is 0 Å². The summed E-state index contributed by atoms with van der Waals surface area (Å²) in [5, 5.41) is 2.33. The molecule has 3 N–H and O–H groups in total. The lowest BCUT2D eigenvalue weighted by atomic mass is 10.0. The van der Waals surface area contributed by atoms with Gasteiger partial charge in [-0.1, -0.05) is 12.1 Å². The van der Waals surface area contributed by atoms with Crippen LogP contribution in [0.4, 0.5) is 0 Å². The third-order valence-corrected chi connectivity index (χ3v) is 5.19. The number of nitrogens with zero attached hydrogens (tertiary/aromatic N) is 2. The zero-order valence-corrected chi connectivity index (χ0v) is 14.6. The van der Waals surface area contributed by atoms with Crippen molar-refractivity contribution < 1.29 is 14.4 Å². The first kappa shape index (κ1) is 17.6. The van der Waals surface area contributed by atoms with Crippen molar-refractivity contribution in [3.63, 3.8) is 0 Å². The number of amides is 3. The minimum Gasteiger partial charge on any atom is -0.329 e. The first-order valence-corrected chi connectivity index (χ1v) is 8.58. The van der Waals surface area contributed by atoms with Gasteiger partial charge in [0.25, 0.3) is 5.91 Å². The molecule has 0 saturated carbocycles. The number of hydrogen-bond acceptors (Lipinski definition) is 5. The fraction of sp³-hybridized carbons (Fsp3) is 0.500. The second kappa shape index (κ2) is 6.93. The Bertz CT molecular complexity index is 718. The van der Waals surface area contributed by atoms with Gasteiger partial charge in [-0.2, -0.15) is 0 Å². The zero-order chi connectivity index (χ0) is 18.1. The van der Waals surface area contributed by atoms with E-state index in [1.165, 1.54) is 0 Å². The molecular weight excluding hydrogens is 320 g/mol. The monoisotopic (exact) mass is 344 g/mol. The summed E-state index contributed by atoms with van der Waals surface area (Å²) in [6, 6.07) is 5.35. The van der Waals surface area contributed by atoms with Crippen LogP contribution in [0.1, 0.15) is 41.3 Å². The Morgan fingerprint density at radius 3 is 2.80 bits per heavy atom. The number of carbonyl (C=O) groups excluding carboxylic acids is 3. The number of likely N-dealkylation sites (N-methyl/N-ethyl adjacent to an activating group) is 1. The molecule has 0 bridgehead atoms.